The van der Waals surface area contributed by atoms with E-state index in [1.165, 1.54) is 67.3 Å². The molecule has 1 heterocycles. The van der Waals surface area contributed by atoms with Crippen LogP contribution in [0.15, 0.2) is 89.0 Å². The van der Waals surface area contributed by atoms with Crippen molar-refractivity contribution in [3.8, 4) is 0 Å². The molecule has 1 aliphatic heterocycles. The molecule has 2 aliphatic rings. The molecule has 3 N–H and O–H groups in total. The quantitative estimate of drug-likeness (QED) is 0.184. The zero-order valence-corrected chi connectivity index (χ0v) is 21.8. The highest BCUT2D eigenvalue weighted by Crippen LogP contribution is 2.29. The molecule has 0 spiro atoms. The minimum atomic E-state index is 0.725. The van der Waals surface area contributed by atoms with Gasteiger partial charge in [-0.1, -0.05) is 68.5 Å². The summed E-state index contributed by atoms with van der Waals surface area (Å²) < 4.78 is 0. The van der Waals surface area contributed by atoms with Gasteiger partial charge in [0.15, 0.2) is 0 Å². The predicted molar refractivity (Wildman–Crippen MR) is 150 cm³/mol. The van der Waals surface area contributed by atoms with E-state index in [0.29, 0.717) is 0 Å². The number of unbranched alkanes of at least 4 members (excludes halogenated alkanes) is 1. The van der Waals surface area contributed by atoms with Crippen LogP contribution < -0.4 is 10.5 Å². The third kappa shape index (κ3) is 9.32. The van der Waals surface area contributed by atoms with Crippen LogP contribution in [0.4, 0.5) is 0 Å². The molecule has 0 radical (unpaired) electrons. The molecular formula is C30H43N3S. The first-order chi connectivity index (χ1) is 16.7. The molecule has 184 valence electrons. The predicted octanol–water partition coefficient (Wildman–Crippen LogP) is 6.93. The van der Waals surface area contributed by atoms with Crippen molar-refractivity contribution in [3.05, 3.63) is 94.6 Å². The highest BCUT2D eigenvalue weighted by molar-refractivity contribution is 8.01. The fourth-order valence-corrected chi connectivity index (χ4v) is 5.00. The summed E-state index contributed by atoms with van der Waals surface area (Å²) in [4.78, 5) is 3.51. The lowest BCUT2D eigenvalue weighted by Crippen LogP contribution is -2.35. The van der Waals surface area contributed by atoms with E-state index in [-0.39, 0.29) is 0 Å². The second kappa shape index (κ2) is 15.1. The number of hydrogen-bond donors (Lipinski definition) is 2. The summed E-state index contributed by atoms with van der Waals surface area (Å²) in [6.45, 7) is 10.6. The molecule has 0 unspecified atom stereocenters. The molecule has 0 amide bonds. The average molecular weight is 478 g/mol. The van der Waals surface area contributed by atoms with Gasteiger partial charge in [-0.05, 0) is 105 Å². The van der Waals surface area contributed by atoms with E-state index in [0.717, 1.165) is 49.8 Å². The van der Waals surface area contributed by atoms with Crippen LogP contribution in [-0.4, -0.2) is 31.1 Å². The molecule has 1 aromatic carbocycles. The molecule has 1 fully saturated rings. The van der Waals surface area contributed by atoms with Crippen molar-refractivity contribution in [2.75, 3.05) is 26.2 Å². The Balaban J connectivity index is 1.66. The van der Waals surface area contributed by atoms with Crippen molar-refractivity contribution in [1.82, 2.24) is 10.2 Å². The highest BCUT2D eigenvalue weighted by atomic mass is 32.2. The Hall–Kier alpha value is -2.01. The minimum absolute atomic E-state index is 0.725. The number of nitrogens with one attached hydrogen (secondary N) is 1. The summed E-state index contributed by atoms with van der Waals surface area (Å²) in [7, 11) is 0. The largest absolute Gasteiger partial charge is 0.388 e. The number of nitrogens with zero attached hydrogens (tertiary/aromatic N) is 1. The van der Waals surface area contributed by atoms with Crippen LogP contribution >= 0.6 is 11.9 Å². The summed E-state index contributed by atoms with van der Waals surface area (Å²) in [5, 5.41) is 9.55. The maximum Gasteiger partial charge on any atom is 0.0234 e. The first-order valence-corrected chi connectivity index (χ1v) is 13.9. The maximum absolute atomic E-state index is 5.83. The zero-order chi connectivity index (χ0) is 24.0. The van der Waals surface area contributed by atoms with Crippen LogP contribution in [0, 0.1) is 5.92 Å². The fraction of sp³-hybridized carbons (Fsp3) is 0.467. The molecular weight excluding hydrogens is 434 g/mol. The van der Waals surface area contributed by atoms with Gasteiger partial charge in [0.25, 0.3) is 0 Å². The van der Waals surface area contributed by atoms with Crippen LogP contribution in [0.5, 0.6) is 0 Å². The van der Waals surface area contributed by atoms with Gasteiger partial charge in [0.1, 0.15) is 0 Å². The summed E-state index contributed by atoms with van der Waals surface area (Å²) in [5.41, 5.74) is 5.56. The van der Waals surface area contributed by atoms with Crippen LogP contribution in [0.1, 0.15) is 57.4 Å². The Bertz CT molecular complexity index is 874. The second-order valence-electron chi connectivity index (χ2n) is 9.47. The Morgan fingerprint density at radius 1 is 1.18 bits per heavy atom. The SMILES string of the molecule is C=C(/C=C(\C=C(/CCc1ccccc1)NCCCC)CN1CCC(C2=CCCC=C2)CC1)SN. The van der Waals surface area contributed by atoms with Gasteiger partial charge in [0.2, 0.25) is 0 Å². The van der Waals surface area contributed by atoms with Crippen LogP contribution in [0.3, 0.4) is 0 Å². The Kier molecular flexibility index (Phi) is 11.8. The summed E-state index contributed by atoms with van der Waals surface area (Å²) >= 11 is 1.24. The summed E-state index contributed by atoms with van der Waals surface area (Å²) in [5.74, 6) is 0.725. The summed E-state index contributed by atoms with van der Waals surface area (Å²) in [6.07, 6.45) is 21.0. The van der Waals surface area contributed by atoms with E-state index in [9.17, 15) is 0 Å². The second-order valence-corrected chi connectivity index (χ2v) is 10.2. The third-order valence-corrected chi connectivity index (χ3v) is 7.18. The first-order valence-electron chi connectivity index (χ1n) is 13.0. The Labute approximate surface area is 212 Å². The molecule has 3 nitrogen and oxygen atoms in total. The highest BCUT2D eigenvalue weighted by Gasteiger charge is 2.22. The topological polar surface area (TPSA) is 41.3 Å². The number of piperidine rings is 1. The molecule has 0 saturated carbocycles. The van der Waals surface area contributed by atoms with Crippen LogP contribution in [-0.2, 0) is 6.42 Å². The van der Waals surface area contributed by atoms with Crippen molar-refractivity contribution in [2.45, 2.75) is 58.3 Å². The number of hydrogen-bond acceptors (Lipinski definition) is 4. The summed E-state index contributed by atoms with van der Waals surface area (Å²) in [6, 6.07) is 10.8. The van der Waals surface area contributed by atoms with E-state index in [2.05, 4.69) is 84.4 Å². The molecule has 3 rings (SSSR count). The van der Waals surface area contributed by atoms with Gasteiger partial charge in [-0.2, -0.15) is 0 Å². The smallest absolute Gasteiger partial charge is 0.0234 e. The standard InChI is InChI=1S/C30H43N3S/c1-3-4-19-32-30(16-15-26-11-7-5-8-12-26)23-27(22-25(2)34-31)24-33-20-17-29(18-21-33)28-13-9-6-10-14-28/h5,7-9,11-14,22-23,29,32H,2-4,6,10,15-21,24,31H2,1H3/b27-22+,30-23+. The molecule has 4 heteroatoms. The minimum Gasteiger partial charge on any atom is -0.388 e. The maximum atomic E-state index is 5.83. The van der Waals surface area contributed by atoms with Gasteiger partial charge in [0.05, 0.1) is 0 Å². The number of allylic oxidation sites excluding steroid dienone is 6. The monoisotopic (exact) mass is 477 g/mol. The molecule has 0 atom stereocenters. The fourth-order valence-electron chi connectivity index (χ4n) is 4.78. The molecule has 1 aliphatic carbocycles. The van der Waals surface area contributed by atoms with Gasteiger partial charge in [-0.25, -0.2) is 0 Å². The van der Waals surface area contributed by atoms with E-state index in [1.54, 1.807) is 5.57 Å². The lowest BCUT2D eigenvalue weighted by molar-refractivity contribution is 0.215. The van der Waals surface area contributed by atoms with Crippen LogP contribution in [0.2, 0.25) is 0 Å². The number of rotatable bonds is 13. The van der Waals surface area contributed by atoms with Gasteiger partial charge < -0.3 is 5.32 Å². The van der Waals surface area contributed by atoms with Gasteiger partial charge >= 0.3 is 0 Å². The average Bonchev–Trinajstić information content (AvgIpc) is 2.88. The number of likely N-dealkylation sites (tertiary alicyclic amines) is 1. The Morgan fingerprint density at radius 3 is 2.65 bits per heavy atom. The van der Waals surface area contributed by atoms with Crippen molar-refractivity contribution in [3.63, 3.8) is 0 Å². The molecule has 1 aromatic rings. The number of nitrogens with two attached hydrogens (primary N) is 1. The van der Waals surface area contributed by atoms with Gasteiger partial charge in [-0.3, -0.25) is 10.0 Å². The third-order valence-electron chi connectivity index (χ3n) is 6.75. The zero-order valence-electron chi connectivity index (χ0n) is 21.0. The molecule has 0 bridgehead atoms. The Morgan fingerprint density at radius 2 is 1.97 bits per heavy atom. The molecule has 34 heavy (non-hydrogen) atoms. The lowest BCUT2D eigenvalue weighted by atomic mass is 9.86. The van der Waals surface area contributed by atoms with Crippen LogP contribution in [0.25, 0.3) is 0 Å². The van der Waals surface area contributed by atoms with E-state index in [4.69, 9.17) is 5.14 Å². The first kappa shape index (κ1) is 26.6. The molecule has 0 aromatic heterocycles. The lowest BCUT2D eigenvalue weighted by Gasteiger charge is -2.33. The molecule has 1 saturated heterocycles. The van der Waals surface area contributed by atoms with Gasteiger partial charge in [-0.15, -0.1) is 0 Å². The van der Waals surface area contributed by atoms with E-state index < -0.39 is 0 Å². The number of aryl methyl sites for hydroxylation is 1. The van der Waals surface area contributed by atoms with Gasteiger partial charge in [0, 0.05) is 23.7 Å². The van der Waals surface area contributed by atoms with Crippen molar-refractivity contribution in [2.24, 2.45) is 11.1 Å². The van der Waals surface area contributed by atoms with Crippen molar-refractivity contribution < 1.29 is 0 Å². The van der Waals surface area contributed by atoms with E-state index in [1.807, 2.05) is 0 Å². The normalized spacial score (nSPS) is 18.1. The van der Waals surface area contributed by atoms with E-state index >= 15 is 0 Å². The van der Waals surface area contributed by atoms with Crippen molar-refractivity contribution >= 4 is 11.9 Å². The van der Waals surface area contributed by atoms with Crippen molar-refractivity contribution in [1.29, 1.82) is 0 Å². The number of benzene rings is 1.